The highest BCUT2D eigenvalue weighted by Crippen LogP contribution is 2.04. The first-order valence-electron chi connectivity index (χ1n) is 3.56. The predicted molar refractivity (Wildman–Crippen MR) is 51.2 cm³/mol. The van der Waals surface area contributed by atoms with Crippen molar-refractivity contribution in [1.29, 1.82) is 0 Å². The summed E-state index contributed by atoms with van der Waals surface area (Å²) in [6.45, 7) is 0. The van der Waals surface area contributed by atoms with E-state index in [4.69, 9.17) is 5.90 Å². The number of nitrogens with zero attached hydrogens (tertiary/aromatic N) is 2. The molecule has 0 spiro atoms. The van der Waals surface area contributed by atoms with Gasteiger partial charge in [0.25, 0.3) is 0 Å². The summed E-state index contributed by atoms with van der Waals surface area (Å²) in [4.78, 5) is 4.41. The van der Waals surface area contributed by atoms with Crippen molar-refractivity contribution in [3.63, 3.8) is 0 Å². The molecule has 0 radical (unpaired) electrons. The number of aromatic nitrogens is 2. The van der Waals surface area contributed by atoms with Gasteiger partial charge in [-0.1, -0.05) is 22.7 Å². The first-order valence-corrected chi connectivity index (χ1v) is 4.40. The van der Waals surface area contributed by atoms with Crippen LogP contribution in [0.2, 0.25) is 0 Å². The molecule has 68 valence electrons. The van der Waals surface area contributed by atoms with Crippen molar-refractivity contribution in [3.05, 3.63) is 41.9 Å². The van der Waals surface area contributed by atoms with Gasteiger partial charge in [0.1, 0.15) is 5.75 Å². The van der Waals surface area contributed by atoms with Gasteiger partial charge in [-0.3, -0.25) is 0 Å². The van der Waals surface area contributed by atoms with Crippen LogP contribution >= 0.6 is 11.5 Å². The largest absolute Gasteiger partial charge is 0.412 e. The molecule has 0 unspecified atom stereocenters. The van der Waals surface area contributed by atoms with Gasteiger partial charge in [-0.05, 0) is 23.7 Å². The van der Waals surface area contributed by atoms with Gasteiger partial charge in [-0.25, -0.2) is 0 Å². The van der Waals surface area contributed by atoms with Crippen LogP contribution in [0.3, 0.4) is 0 Å². The fraction of sp³-hybridized carbons (Fsp3) is 0. The van der Waals surface area contributed by atoms with Crippen LogP contribution in [-0.2, 0) is 0 Å². The molecule has 0 bridgehead atoms. The summed E-state index contributed by atoms with van der Waals surface area (Å²) in [6.07, 6.45) is 1.66. The molecule has 0 atom stereocenters. The van der Waals surface area contributed by atoms with E-state index in [1.165, 1.54) is 11.5 Å². The quantitative estimate of drug-likeness (QED) is 0.700. The normalized spacial score (nSPS) is 8.38. The van der Waals surface area contributed by atoms with Crippen LogP contribution < -0.4 is 10.7 Å². The maximum absolute atomic E-state index is 4.85. The van der Waals surface area contributed by atoms with E-state index in [1.807, 2.05) is 23.6 Å². The average Bonchev–Trinajstić information content (AvgIpc) is 2.77. The molecule has 2 N–H and O–H groups in total. The number of rotatable bonds is 1. The van der Waals surface area contributed by atoms with Gasteiger partial charge in [0.2, 0.25) is 0 Å². The number of hydrogen-bond acceptors (Lipinski definition) is 5. The molecule has 13 heavy (non-hydrogen) atoms. The number of para-hydroxylation sites is 1. The highest BCUT2D eigenvalue weighted by molar-refractivity contribution is 7.03. The van der Waals surface area contributed by atoms with Gasteiger partial charge >= 0.3 is 0 Å². The molecule has 2 rings (SSSR count). The van der Waals surface area contributed by atoms with E-state index >= 15 is 0 Å². The lowest BCUT2D eigenvalue weighted by Crippen LogP contribution is -2.00. The molecule has 0 amide bonds. The Labute approximate surface area is 80.1 Å². The van der Waals surface area contributed by atoms with Gasteiger partial charge < -0.3 is 4.84 Å². The molecule has 0 aliphatic rings. The van der Waals surface area contributed by atoms with Gasteiger partial charge in [-0.15, -0.1) is 5.10 Å². The lowest BCUT2D eigenvalue weighted by molar-refractivity contribution is 0.334. The van der Waals surface area contributed by atoms with E-state index < -0.39 is 0 Å². The minimum absolute atomic E-state index is 0.688. The lowest BCUT2D eigenvalue weighted by atomic mass is 10.3. The van der Waals surface area contributed by atoms with E-state index in [2.05, 4.69) is 14.4 Å². The van der Waals surface area contributed by atoms with Crippen molar-refractivity contribution in [2.75, 3.05) is 0 Å². The molecule has 1 heterocycles. The second kappa shape index (κ2) is 6.10. The molecule has 4 nitrogen and oxygen atoms in total. The predicted octanol–water partition coefficient (Wildman–Crippen LogP) is 1.48. The molecule has 2 aromatic rings. The molecule has 0 saturated carbocycles. The standard InChI is InChI=1S/C6H7NO.C2H2N2S/c7-8-6-4-2-1-3-5-6;1-2-5-4-3-1/h1-5H,7H2;1-2H. The van der Waals surface area contributed by atoms with E-state index in [0.29, 0.717) is 5.75 Å². The van der Waals surface area contributed by atoms with Crippen molar-refractivity contribution >= 4 is 11.5 Å². The molecule has 5 heteroatoms. The minimum Gasteiger partial charge on any atom is -0.412 e. The average molecular weight is 195 g/mol. The van der Waals surface area contributed by atoms with E-state index in [-0.39, 0.29) is 0 Å². The zero-order chi connectivity index (χ0) is 9.36. The number of nitrogens with two attached hydrogens (primary N) is 1. The SMILES string of the molecule is NOc1ccccc1.c1csnn1. The zero-order valence-corrected chi connectivity index (χ0v) is 7.65. The monoisotopic (exact) mass is 195 g/mol. The van der Waals surface area contributed by atoms with Gasteiger partial charge in [0.15, 0.2) is 0 Å². The fourth-order valence-corrected chi connectivity index (χ4v) is 0.907. The van der Waals surface area contributed by atoms with E-state index in [0.717, 1.165) is 0 Å². The molecule has 0 fully saturated rings. The second-order valence-electron chi connectivity index (χ2n) is 2.02. The minimum atomic E-state index is 0.688. The Balaban J connectivity index is 0.000000145. The number of hydrogen-bond donors (Lipinski definition) is 1. The first-order chi connectivity index (χ1) is 6.43. The van der Waals surface area contributed by atoms with Crippen LogP contribution in [-0.4, -0.2) is 9.59 Å². The van der Waals surface area contributed by atoms with Crippen molar-refractivity contribution in [3.8, 4) is 5.75 Å². The Bertz CT molecular complexity index is 281. The van der Waals surface area contributed by atoms with Crippen LogP contribution in [0, 0.1) is 0 Å². The number of benzene rings is 1. The zero-order valence-electron chi connectivity index (χ0n) is 6.83. The topological polar surface area (TPSA) is 61.0 Å². The van der Waals surface area contributed by atoms with Crippen LogP contribution in [0.4, 0.5) is 0 Å². The Kier molecular flexibility index (Phi) is 4.52. The molecular weight excluding hydrogens is 186 g/mol. The second-order valence-corrected chi connectivity index (χ2v) is 2.66. The van der Waals surface area contributed by atoms with Crippen LogP contribution in [0.25, 0.3) is 0 Å². The Hall–Kier alpha value is -1.46. The Morgan fingerprint density at radius 1 is 1.23 bits per heavy atom. The summed E-state index contributed by atoms with van der Waals surface area (Å²) in [5.41, 5.74) is 0. The summed E-state index contributed by atoms with van der Waals surface area (Å²) in [7, 11) is 0. The Morgan fingerprint density at radius 2 is 2.00 bits per heavy atom. The van der Waals surface area contributed by atoms with Crippen molar-refractivity contribution < 1.29 is 4.84 Å². The summed E-state index contributed by atoms with van der Waals surface area (Å²) >= 11 is 1.35. The molecule has 0 aliphatic carbocycles. The van der Waals surface area contributed by atoms with Crippen molar-refractivity contribution in [1.82, 2.24) is 9.59 Å². The van der Waals surface area contributed by atoms with E-state index in [1.54, 1.807) is 18.3 Å². The van der Waals surface area contributed by atoms with Gasteiger partial charge in [0.05, 0.1) is 6.20 Å². The molecular formula is C8H9N3OS. The van der Waals surface area contributed by atoms with Gasteiger partial charge in [-0.2, -0.15) is 5.90 Å². The maximum atomic E-state index is 4.85. The van der Waals surface area contributed by atoms with Gasteiger partial charge in [0, 0.05) is 5.38 Å². The summed E-state index contributed by atoms with van der Waals surface area (Å²) < 4.78 is 3.51. The highest BCUT2D eigenvalue weighted by atomic mass is 32.1. The Morgan fingerprint density at radius 3 is 2.31 bits per heavy atom. The maximum Gasteiger partial charge on any atom is 0.146 e. The molecule has 0 aliphatic heterocycles. The third-order valence-electron chi connectivity index (χ3n) is 1.16. The van der Waals surface area contributed by atoms with Crippen molar-refractivity contribution in [2.45, 2.75) is 0 Å². The summed E-state index contributed by atoms with van der Waals surface area (Å²) in [5, 5.41) is 5.31. The lowest BCUT2D eigenvalue weighted by Gasteiger charge is -1.92. The third kappa shape index (κ3) is 4.19. The van der Waals surface area contributed by atoms with Crippen LogP contribution in [0.15, 0.2) is 41.9 Å². The first kappa shape index (κ1) is 9.63. The molecule has 0 saturated heterocycles. The van der Waals surface area contributed by atoms with E-state index in [9.17, 15) is 0 Å². The molecule has 1 aromatic heterocycles. The van der Waals surface area contributed by atoms with Crippen LogP contribution in [0.5, 0.6) is 5.75 Å². The fourth-order valence-electron chi connectivity index (χ4n) is 0.635. The highest BCUT2D eigenvalue weighted by Gasteiger charge is 1.81. The summed E-state index contributed by atoms with van der Waals surface area (Å²) in [5.74, 6) is 5.54. The third-order valence-corrected chi connectivity index (χ3v) is 1.59. The molecule has 1 aromatic carbocycles. The van der Waals surface area contributed by atoms with Crippen LogP contribution in [0.1, 0.15) is 0 Å². The smallest absolute Gasteiger partial charge is 0.146 e. The summed E-state index contributed by atoms with van der Waals surface area (Å²) in [6, 6.07) is 9.22. The van der Waals surface area contributed by atoms with Crippen molar-refractivity contribution in [2.24, 2.45) is 5.90 Å².